The van der Waals surface area contributed by atoms with Crippen molar-refractivity contribution in [1.82, 2.24) is 4.90 Å². The smallest absolute Gasteiger partial charge is 0.247 e. The number of amides is 2. The Morgan fingerprint density at radius 3 is 2.50 bits per heavy atom. The van der Waals surface area contributed by atoms with E-state index in [1.165, 1.54) is 23.1 Å². The highest BCUT2D eigenvalue weighted by atomic mass is 19.1. The predicted molar refractivity (Wildman–Crippen MR) is 116 cm³/mol. The molecule has 2 aromatic carbocycles. The molecule has 1 aliphatic rings. The van der Waals surface area contributed by atoms with E-state index >= 15 is 0 Å². The summed E-state index contributed by atoms with van der Waals surface area (Å²) >= 11 is 0. The molecule has 1 saturated heterocycles. The van der Waals surface area contributed by atoms with Gasteiger partial charge in [0.1, 0.15) is 12.4 Å². The average molecular weight is 411 g/mol. The molecule has 0 aliphatic carbocycles. The van der Waals surface area contributed by atoms with Crippen LogP contribution in [0.5, 0.6) is 0 Å². The Balaban J connectivity index is 1.54. The number of morpholine rings is 1. The lowest BCUT2D eigenvalue weighted by atomic mass is 10.2. The summed E-state index contributed by atoms with van der Waals surface area (Å²) in [5.74, 6) is -1.04. The molecule has 1 fully saturated rings. The number of carbonyl (C=O) groups is 2. The van der Waals surface area contributed by atoms with Crippen LogP contribution < -0.4 is 10.2 Å². The van der Waals surface area contributed by atoms with Gasteiger partial charge in [-0.2, -0.15) is 0 Å². The van der Waals surface area contributed by atoms with Crippen molar-refractivity contribution in [2.45, 2.75) is 6.92 Å². The summed E-state index contributed by atoms with van der Waals surface area (Å²) in [5, 5.41) is 2.81. The molecular formula is C23H26FN3O3. The molecule has 30 heavy (non-hydrogen) atoms. The van der Waals surface area contributed by atoms with Gasteiger partial charge in [-0.05, 0) is 43.3 Å². The van der Waals surface area contributed by atoms with Gasteiger partial charge in [0.25, 0.3) is 0 Å². The van der Waals surface area contributed by atoms with Gasteiger partial charge in [0.05, 0.1) is 13.2 Å². The van der Waals surface area contributed by atoms with E-state index in [0.29, 0.717) is 31.0 Å². The molecule has 0 bridgehead atoms. The normalized spacial score (nSPS) is 14.0. The molecule has 0 radical (unpaired) electrons. The summed E-state index contributed by atoms with van der Waals surface area (Å²) in [5.41, 5.74) is 2.08. The minimum Gasteiger partial charge on any atom is -0.378 e. The first-order chi connectivity index (χ1) is 14.6. The number of hydrogen-bond acceptors (Lipinski definition) is 4. The molecular weight excluding hydrogens is 385 g/mol. The van der Waals surface area contributed by atoms with Crippen molar-refractivity contribution in [3.8, 4) is 0 Å². The van der Waals surface area contributed by atoms with Gasteiger partial charge in [-0.1, -0.05) is 18.2 Å². The van der Waals surface area contributed by atoms with Crippen LogP contribution in [0.2, 0.25) is 0 Å². The standard InChI is InChI=1S/C23H26FN3O3/c1-2-26(23(29)12-7-18-5-3-4-6-21(18)24)17-22(28)25-19-8-10-20(11-9-19)27-13-15-30-16-14-27/h3-12H,2,13-17H2,1H3,(H,25,28)/b12-7+. The number of carbonyl (C=O) groups excluding carboxylic acids is 2. The minimum absolute atomic E-state index is 0.0812. The van der Waals surface area contributed by atoms with Crippen LogP contribution in [0.1, 0.15) is 12.5 Å². The topological polar surface area (TPSA) is 61.9 Å². The number of halogens is 1. The third-order valence-corrected chi connectivity index (χ3v) is 4.87. The minimum atomic E-state index is -0.400. The summed E-state index contributed by atoms with van der Waals surface area (Å²) in [7, 11) is 0. The Bertz CT molecular complexity index is 893. The molecule has 0 aromatic heterocycles. The fraction of sp³-hybridized carbons (Fsp3) is 0.304. The fourth-order valence-electron chi connectivity index (χ4n) is 3.17. The molecule has 1 aliphatic heterocycles. The summed E-state index contributed by atoms with van der Waals surface area (Å²) in [6, 6.07) is 13.8. The molecule has 0 unspecified atom stereocenters. The van der Waals surface area contributed by atoms with Crippen molar-refractivity contribution < 1.29 is 18.7 Å². The van der Waals surface area contributed by atoms with Gasteiger partial charge >= 0.3 is 0 Å². The number of likely N-dealkylation sites (N-methyl/N-ethyl adjacent to an activating group) is 1. The number of nitrogens with zero attached hydrogens (tertiary/aromatic N) is 2. The zero-order valence-electron chi connectivity index (χ0n) is 17.0. The van der Waals surface area contributed by atoms with Crippen LogP contribution in [0.3, 0.4) is 0 Å². The molecule has 2 aromatic rings. The molecule has 158 valence electrons. The maximum atomic E-state index is 13.7. The molecule has 0 saturated carbocycles. The SMILES string of the molecule is CCN(CC(=O)Nc1ccc(N2CCOCC2)cc1)C(=O)/C=C/c1ccccc1F. The third kappa shape index (κ3) is 5.90. The van der Waals surface area contributed by atoms with Crippen LogP contribution in [0.15, 0.2) is 54.6 Å². The molecule has 0 spiro atoms. The van der Waals surface area contributed by atoms with Crippen molar-refractivity contribution in [2.24, 2.45) is 0 Å². The summed E-state index contributed by atoms with van der Waals surface area (Å²) in [4.78, 5) is 28.4. The largest absolute Gasteiger partial charge is 0.378 e. The number of nitrogens with one attached hydrogen (secondary N) is 1. The molecule has 1 heterocycles. The second-order valence-corrected chi connectivity index (χ2v) is 6.90. The van der Waals surface area contributed by atoms with E-state index in [1.54, 1.807) is 25.1 Å². The maximum absolute atomic E-state index is 13.7. The van der Waals surface area contributed by atoms with Gasteiger partial charge in [0.2, 0.25) is 11.8 Å². The number of rotatable bonds is 7. The predicted octanol–water partition coefficient (Wildman–Crippen LogP) is 3.16. The van der Waals surface area contributed by atoms with E-state index in [2.05, 4.69) is 10.2 Å². The molecule has 2 amide bonds. The van der Waals surface area contributed by atoms with E-state index in [-0.39, 0.29) is 18.4 Å². The van der Waals surface area contributed by atoms with Crippen LogP contribution in [-0.4, -0.2) is 56.1 Å². The highest BCUT2D eigenvalue weighted by Gasteiger charge is 2.15. The van der Waals surface area contributed by atoms with Gasteiger partial charge < -0.3 is 19.9 Å². The first kappa shape index (κ1) is 21.5. The number of benzene rings is 2. The molecule has 0 atom stereocenters. The van der Waals surface area contributed by atoms with Gasteiger partial charge in [-0.15, -0.1) is 0 Å². The lowest BCUT2D eigenvalue weighted by Crippen LogP contribution is -2.37. The molecule has 6 nitrogen and oxygen atoms in total. The lowest BCUT2D eigenvalue weighted by molar-refractivity contribution is -0.130. The Labute approximate surface area is 175 Å². The molecule has 3 rings (SSSR count). The lowest BCUT2D eigenvalue weighted by Gasteiger charge is -2.29. The van der Waals surface area contributed by atoms with E-state index in [0.717, 1.165) is 18.8 Å². The Kier molecular flexibility index (Phi) is 7.57. The second kappa shape index (κ2) is 10.5. The zero-order valence-corrected chi connectivity index (χ0v) is 17.0. The van der Waals surface area contributed by atoms with E-state index in [1.807, 2.05) is 24.3 Å². The van der Waals surface area contributed by atoms with Crippen LogP contribution in [0.4, 0.5) is 15.8 Å². The highest BCUT2D eigenvalue weighted by molar-refractivity contribution is 5.98. The van der Waals surface area contributed by atoms with E-state index in [9.17, 15) is 14.0 Å². The summed E-state index contributed by atoms with van der Waals surface area (Å²) in [6.45, 7) is 5.19. The van der Waals surface area contributed by atoms with Crippen molar-refractivity contribution >= 4 is 29.3 Å². The van der Waals surface area contributed by atoms with Gasteiger partial charge in [0, 0.05) is 42.6 Å². The Morgan fingerprint density at radius 1 is 1.13 bits per heavy atom. The number of anilines is 2. The van der Waals surface area contributed by atoms with Crippen LogP contribution in [-0.2, 0) is 14.3 Å². The van der Waals surface area contributed by atoms with Gasteiger partial charge in [-0.3, -0.25) is 9.59 Å². The molecule has 1 N–H and O–H groups in total. The van der Waals surface area contributed by atoms with Crippen molar-refractivity contribution in [3.63, 3.8) is 0 Å². The van der Waals surface area contributed by atoms with E-state index < -0.39 is 5.82 Å². The second-order valence-electron chi connectivity index (χ2n) is 6.90. The van der Waals surface area contributed by atoms with Crippen LogP contribution >= 0.6 is 0 Å². The first-order valence-electron chi connectivity index (χ1n) is 10.0. The van der Waals surface area contributed by atoms with Crippen molar-refractivity contribution in [1.29, 1.82) is 0 Å². The Hall–Kier alpha value is -3.19. The average Bonchev–Trinajstić information content (AvgIpc) is 2.78. The number of ether oxygens (including phenoxy) is 1. The quantitative estimate of drug-likeness (QED) is 0.711. The summed E-state index contributed by atoms with van der Waals surface area (Å²) in [6.07, 6.45) is 2.70. The van der Waals surface area contributed by atoms with Gasteiger partial charge in [0.15, 0.2) is 0 Å². The Morgan fingerprint density at radius 2 is 1.83 bits per heavy atom. The van der Waals surface area contributed by atoms with Crippen molar-refractivity contribution in [3.05, 3.63) is 66.0 Å². The fourth-order valence-corrected chi connectivity index (χ4v) is 3.17. The first-order valence-corrected chi connectivity index (χ1v) is 10.0. The van der Waals surface area contributed by atoms with Crippen molar-refractivity contribution in [2.75, 3.05) is 49.6 Å². The van der Waals surface area contributed by atoms with E-state index in [4.69, 9.17) is 4.74 Å². The summed E-state index contributed by atoms with van der Waals surface area (Å²) < 4.78 is 19.0. The highest BCUT2D eigenvalue weighted by Crippen LogP contribution is 2.19. The van der Waals surface area contributed by atoms with Crippen LogP contribution in [0.25, 0.3) is 6.08 Å². The third-order valence-electron chi connectivity index (χ3n) is 4.87. The van der Waals surface area contributed by atoms with Gasteiger partial charge in [-0.25, -0.2) is 4.39 Å². The van der Waals surface area contributed by atoms with Crippen LogP contribution in [0, 0.1) is 5.82 Å². The maximum Gasteiger partial charge on any atom is 0.247 e. The molecule has 7 heteroatoms. The monoisotopic (exact) mass is 411 g/mol. The number of hydrogen-bond donors (Lipinski definition) is 1. The zero-order chi connectivity index (χ0) is 21.3.